The van der Waals surface area contributed by atoms with Crippen molar-refractivity contribution in [2.75, 3.05) is 12.0 Å². The summed E-state index contributed by atoms with van der Waals surface area (Å²) < 4.78 is 1.71. The first kappa shape index (κ1) is 12.0. The van der Waals surface area contributed by atoms with Crippen LogP contribution >= 0.6 is 23.4 Å². The third-order valence-corrected chi connectivity index (χ3v) is 3.09. The number of halogens is 1. The summed E-state index contributed by atoms with van der Waals surface area (Å²) in [5, 5.41) is 1.20. The van der Waals surface area contributed by atoms with Gasteiger partial charge in [-0.1, -0.05) is 23.4 Å². The minimum atomic E-state index is -0.336. The first-order chi connectivity index (χ1) is 8.11. The summed E-state index contributed by atoms with van der Waals surface area (Å²) in [4.78, 5) is 15.2. The summed E-state index contributed by atoms with van der Waals surface area (Å²) in [5.74, 6) is 0.358. The number of nitrogen functional groups attached to an aromatic ring is 1. The monoisotopic (exact) mass is 267 g/mol. The highest BCUT2D eigenvalue weighted by molar-refractivity contribution is 7.98. The smallest absolute Gasteiger partial charge is 0.275 e. The van der Waals surface area contributed by atoms with E-state index in [0.29, 0.717) is 16.0 Å². The van der Waals surface area contributed by atoms with Crippen LogP contribution in [0.25, 0.3) is 5.69 Å². The molecule has 0 unspecified atom stereocenters. The highest BCUT2D eigenvalue weighted by Gasteiger charge is 2.08. The van der Waals surface area contributed by atoms with Crippen molar-refractivity contribution in [3.8, 4) is 5.69 Å². The SMILES string of the molecule is CSc1nc(=O)cc(N)n1-c1ccc(Cl)cc1. The molecule has 1 aromatic carbocycles. The van der Waals surface area contributed by atoms with Gasteiger partial charge in [-0.25, -0.2) is 0 Å². The van der Waals surface area contributed by atoms with Crippen molar-refractivity contribution >= 4 is 29.2 Å². The van der Waals surface area contributed by atoms with E-state index in [2.05, 4.69) is 4.98 Å². The van der Waals surface area contributed by atoms with Crippen molar-refractivity contribution in [2.45, 2.75) is 5.16 Å². The third-order valence-electron chi connectivity index (χ3n) is 2.19. The minimum absolute atomic E-state index is 0.336. The number of benzene rings is 1. The van der Waals surface area contributed by atoms with Gasteiger partial charge in [0.1, 0.15) is 5.82 Å². The molecule has 0 bridgehead atoms. The van der Waals surface area contributed by atoms with E-state index in [9.17, 15) is 4.79 Å². The van der Waals surface area contributed by atoms with Gasteiger partial charge in [-0.05, 0) is 30.5 Å². The summed E-state index contributed by atoms with van der Waals surface area (Å²) >= 11 is 7.19. The average molecular weight is 268 g/mol. The van der Waals surface area contributed by atoms with Crippen LogP contribution < -0.4 is 11.3 Å². The van der Waals surface area contributed by atoms with E-state index in [0.717, 1.165) is 5.69 Å². The lowest BCUT2D eigenvalue weighted by Gasteiger charge is -2.13. The Morgan fingerprint density at radius 3 is 2.59 bits per heavy atom. The lowest BCUT2D eigenvalue weighted by Crippen LogP contribution is -2.16. The number of thioether (sulfide) groups is 1. The van der Waals surface area contributed by atoms with Gasteiger partial charge >= 0.3 is 0 Å². The Morgan fingerprint density at radius 1 is 1.35 bits per heavy atom. The highest BCUT2D eigenvalue weighted by Crippen LogP contribution is 2.21. The molecule has 0 saturated carbocycles. The summed E-state index contributed by atoms with van der Waals surface area (Å²) in [7, 11) is 0. The zero-order chi connectivity index (χ0) is 12.4. The Labute approximate surface area is 107 Å². The maximum atomic E-state index is 11.3. The van der Waals surface area contributed by atoms with E-state index in [1.54, 1.807) is 16.7 Å². The van der Waals surface area contributed by atoms with Gasteiger partial charge in [0, 0.05) is 16.8 Å². The largest absolute Gasteiger partial charge is 0.385 e. The van der Waals surface area contributed by atoms with Gasteiger partial charge in [-0.3, -0.25) is 9.36 Å². The van der Waals surface area contributed by atoms with Crippen LogP contribution in [0.15, 0.2) is 40.3 Å². The second-order valence-electron chi connectivity index (χ2n) is 3.32. The molecule has 2 N–H and O–H groups in total. The van der Waals surface area contributed by atoms with E-state index >= 15 is 0 Å². The van der Waals surface area contributed by atoms with Gasteiger partial charge in [-0.15, -0.1) is 0 Å². The molecular formula is C11H10ClN3OS. The van der Waals surface area contributed by atoms with Gasteiger partial charge in [0.05, 0.1) is 0 Å². The van der Waals surface area contributed by atoms with Crippen molar-refractivity contribution in [1.82, 2.24) is 9.55 Å². The van der Waals surface area contributed by atoms with Crippen LogP contribution in [-0.2, 0) is 0 Å². The Bertz CT molecular complexity index is 595. The molecule has 0 saturated heterocycles. The summed E-state index contributed by atoms with van der Waals surface area (Å²) in [6.45, 7) is 0. The van der Waals surface area contributed by atoms with Crippen LogP contribution in [0, 0.1) is 0 Å². The van der Waals surface area contributed by atoms with Crippen molar-refractivity contribution in [3.05, 3.63) is 45.7 Å². The van der Waals surface area contributed by atoms with Crippen LogP contribution in [0.1, 0.15) is 0 Å². The van der Waals surface area contributed by atoms with Crippen LogP contribution in [0.3, 0.4) is 0 Å². The molecule has 1 aromatic heterocycles. The van der Waals surface area contributed by atoms with Crippen molar-refractivity contribution < 1.29 is 0 Å². The third kappa shape index (κ3) is 2.45. The number of anilines is 1. The second-order valence-corrected chi connectivity index (χ2v) is 4.53. The highest BCUT2D eigenvalue weighted by atomic mass is 35.5. The minimum Gasteiger partial charge on any atom is -0.385 e. The first-order valence-corrected chi connectivity index (χ1v) is 6.41. The fourth-order valence-electron chi connectivity index (χ4n) is 1.46. The molecule has 1 heterocycles. The Hall–Kier alpha value is -1.46. The van der Waals surface area contributed by atoms with Gasteiger partial charge in [0.25, 0.3) is 5.56 Å². The second kappa shape index (κ2) is 4.81. The predicted octanol–water partition coefficient (Wildman–Crippen LogP) is 2.19. The molecule has 88 valence electrons. The molecule has 4 nitrogen and oxygen atoms in total. The van der Waals surface area contributed by atoms with Gasteiger partial charge in [-0.2, -0.15) is 4.98 Å². The molecule has 0 spiro atoms. The Balaban J connectivity index is 2.65. The molecular weight excluding hydrogens is 258 g/mol. The van der Waals surface area contributed by atoms with Crippen LogP contribution in [-0.4, -0.2) is 15.8 Å². The van der Waals surface area contributed by atoms with Gasteiger partial charge < -0.3 is 5.73 Å². The van der Waals surface area contributed by atoms with Gasteiger partial charge in [0.2, 0.25) is 0 Å². The zero-order valence-electron chi connectivity index (χ0n) is 9.05. The molecule has 0 aliphatic rings. The molecule has 17 heavy (non-hydrogen) atoms. The summed E-state index contributed by atoms with van der Waals surface area (Å²) in [6.07, 6.45) is 1.84. The standard InChI is InChI=1S/C11H10ClN3OS/c1-17-11-14-10(16)6-9(13)15(11)8-4-2-7(12)3-5-8/h2-6H,13H2,1H3. The topological polar surface area (TPSA) is 60.9 Å². The van der Waals surface area contributed by atoms with Crippen molar-refractivity contribution in [2.24, 2.45) is 0 Å². The fourth-order valence-corrected chi connectivity index (χ4v) is 2.17. The van der Waals surface area contributed by atoms with Crippen molar-refractivity contribution in [1.29, 1.82) is 0 Å². The average Bonchev–Trinajstić information content (AvgIpc) is 2.30. The lowest BCUT2D eigenvalue weighted by atomic mass is 10.3. The van der Waals surface area contributed by atoms with Crippen molar-refractivity contribution in [3.63, 3.8) is 0 Å². The number of hydrogen-bond acceptors (Lipinski definition) is 4. The molecule has 0 aliphatic heterocycles. The molecule has 0 amide bonds. The number of hydrogen-bond donors (Lipinski definition) is 1. The van der Waals surface area contributed by atoms with E-state index in [-0.39, 0.29) is 5.56 Å². The molecule has 0 aliphatic carbocycles. The van der Waals surface area contributed by atoms with Gasteiger partial charge in [0.15, 0.2) is 5.16 Å². The molecule has 2 rings (SSSR count). The number of rotatable bonds is 2. The summed E-state index contributed by atoms with van der Waals surface area (Å²) in [5.41, 5.74) is 6.33. The Kier molecular flexibility index (Phi) is 3.40. The molecule has 0 radical (unpaired) electrons. The molecule has 0 fully saturated rings. The lowest BCUT2D eigenvalue weighted by molar-refractivity contribution is 0.825. The number of nitrogens with zero attached hydrogens (tertiary/aromatic N) is 2. The van der Waals surface area contributed by atoms with E-state index in [1.165, 1.54) is 17.8 Å². The predicted molar refractivity (Wildman–Crippen MR) is 71.0 cm³/mol. The Morgan fingerprint density at radius 2 is 2.00 bits per heavy atom. The van der Waals surface area contributed by atoms with E-state index < -0.39 is 0 Å². The summed E-state index contributed by atoms with van der Waals surface area (Å²) in [6, 6.07) is 8.47. The van der Waals surface area contributed by atoms with E-state index in [1.807, 2.05) is 18.4 Å². The normalized spacial score (nSPS) is 10.5. The van der Waals surface area contributed by atoms with E-state index in [4.69, 9.17) is 17.3 Å². The first-order valence-electron chi connectivity index (χ1n) is 4.81. The fraction of sp³-hybridized carbons (Fsp3) is 0.0909. The molecule has 0 atom stereocenters. The number of aromatic nitrogens is 2. The maximum Gasteiger partial charge on any atom is 0.275 e. The maximum absolute atomic E-state index is 11.3. The van der Waals surface area contributed by atoms with Crippen LogP contribution in [0.2, 0.25) is 5.02 Å². The van der Waals surface area contributed by atoms with Crippen LogP contribution in [0.5, 0.6) is 0 Å². The molecule has 6 heteroatoms. The quantitative estimate of drug-likeness (QED) is 0.669. The number of nitrogens with two attached hydrogens (primary N) is 1. The molecule has 2 aromatic rings. The zero-order valence-corrected chi connectivity index (χ0v) is 10.6. The van der Waals surface area contributed by atoms with Crippen LogP contribution in [0.4, 0.5) is 5.82 Å².